The molecule has 8 nitrogen and oxygen atoms in total. The number of carbonyl (C=O) groups is 1. The van der Waals surface area contributed by atoms with Crippen LogP contribution in [-0.4, -0.2) is 48.7 Å². The zero-order valence-electron chi connectivity index (χ0n) is 14.0. The van der Waals surface area contributed by atoms with Crippen LogP contribution in [0.15, 0.2) is 35.3 Å². The van der Waals surface area contributed by atoms with Crippen LogP contribution < -0.4 is 5.56 Å². The molecule has 3 heterocycles. The molecule has 1 aliphatic rings. The molecule has 1 amide bonds. The normalized spacial score (nSPS) is 14.7. The summed E-state index contributed by atoms with van der Waals surface area (Å²) in [6, 6.07) is 5.67. The lowest BCUT2D eigenvalue weighted by molar-refractivity contribution is -0.133. The van der Waals surface area contributed by atoms with Crippen LogP contribution in [0.4, 0.5) is 4.39 Å². The van der Waals surface area contributed by atoms with E-state index in [1.54, 1.807) is 4.90 Å². The van der Waals surface area contributed by atoms with E-state index in [0.717, 1.165) is 23.9 Å². The number of amides is 1. The van der Waals surface area contributed by atoms with E-state index in [4.69, 9.17) is 0 Å². The molecule has 0 aliphatic carbocycles. The molecule has 0 spiro atoms. The Morgan fingerprint density at radius 2 is 1.85 bits per heavy atom. The standard InChI is InChI=1S/C17H17FN6O2/c18-12-4-6-13(7-5-12)24-16-14(10-19-24)17(26)23(21-20-16)11-15(25)22-8-2-1-3-9-22/h4-7,10H,1-3,8-9,11H2. The molecule has 1 aromatic carbocycles. The molecule has 1 saturated heterocycles. The zero-order valence-corrected chi connectivity index (χ0v) is 14.0. The Bertz CT molecular complexity index is 1000. The second-order valence-electron chi connectivity index (χ2n) is 6.26. The lowest BCUT2D eigenvalue weighted by Gasteiger charge is -2.26. The summed E-state index contributed by atoms with van der Waals surface area (Å²) in [4.78, 5) is 26.7. The van der Waals surface area contributed by atoms with Gasteiger partial charge in [-0.25, -0.2) is 13.8 Å². The smallest absolute Gasteiger partial charge is 0.281 e. The SMILES string of the molecule is O=C(Cn1nnc2c(cnn2-c2ccc(F)cc2)c1=O)N1CCCCC1. The van der Waals surface area contributed by atoms with E-state index in [2.05, 4.69) is 15.4 Å². The minimum Gasteiger partial charge on any atom is -0.341 e. The van der Waals surface area contributed by atoms with Gasteiger partial charge in [0.05, 0.1) is 11.9 Å². The van der Waals surface area contributed by atoms with E-state index >= 15 is 0 Å². The van der Waals surface area contributed by atoms with Gasteiger partial charge < -0.3 is 4.90 Å². The lowest BCUT2D eigenvalue weighted by Crippen LogP contribution is -2.40. The van der Waals surface area contributed by atoms with E-state index in [1.807, 2.05) is 0 Å². The third-order valence-electron chi connectivity index (χ3n) is 4.52. The van der Waals surface area contributed by atoms with E-state index in [-0.39, 0.29) is 29.3 Å². The van der Waals surface area contributed by atoms with Gasteiger partial charge in [-0.15, -0.1) is 5.10 Å². The Labute approximate surface area is 147 Å². The summed E-state index contributed by atoms with van der Waals surface area (Å²) in [5, 5.41) is 12.3. The fourth-order valence-corrected chi connectivity index (χ4v) is 3.11. The molecule has 1 aliphatic heterocycles. The maximum Gasteiger partial charge on any atom is 0.281 e. The summed E-state index contributed by atoms with van der Waals surface area (Å²) >= 11 is 0. The number of hydrogen-bond donors (Lipinski definition) is 0. The average molecular weight is 356 g/mol. The number of rotatable bonds is 3. The van der Waals surface area contributed by atoms with Crippen molar-refractivity contribution in [3.8, 4) is 5.69 Å². The third kappa shape index (κ3) is 2.96. The molecule has 0 unspecified atom stereocenters. The molecule has 134 valence electrons. The highest BCUT2D eigenvalue weighted by molar-refractivity contribution is 5.77. The summed E-state index contributed by atoms with van der Waals surface area (Å²) < 4.78 is 15.6. The number of piperidine rings is 1. The second kappa shape index (κ2) is 6.66. The van der Waals surface area contributed by atoms with Crippen molar-refractivity contribution in [3.63, 3.8) is 0 Å². The van der Waals surface area contributed by atoms with Crippen LogP contribution in [0.3, 0.4) is 0 Å². The summed E-state index contributed by atoms with van der Waals surface area (Å²) in [6.45, 7) is 1.29. The number of nitrogens with zero attached hydrogens (tertiary/aromatic N) is 6. The van der Waals surface area contributed by atoms with Crippen molar-refractivity contribution in [2.75, 3.05) is 13.1 Å². The van der Waals surface area contributed by atoms with Crippen molar-refractivity contribution in [3.05, 3.63) is 46.6 Å². The Kier molecular flexibility index (Phi) is 4.19. The Hall–Kier alpha value is -3.10. The molecule has 0 atom stereocenters. The first kappa shape index (κ1) is 16.4. The van der Waals surface area contributed by atoms with Gasteiger partial charge in [-0.3, -0.25) is 9.59 Å². The van der Waals surface area contributed by atoms with Crippen LogP contribution in [0.5, 0.6) is 0 Å². The van der Waals surface area contributed by atoms with Gasteiger partial charge >= 0.3 is 0 Å². The largest absolute Gasteiger partial charge is 0.341 e. The highest BCUT2D eigenvalue weighted by atomic mass is 19.1. The van der Waals surface area contributed by atoms with Crippen LogP contribution in [0.25, 0.3) is 16.7 Å². The fraction of sp³-hybridized carbons (Fsp3) is 0.353. The van der Waals surface area contributed by atoms with Crippen molar-refractivity contribution in [2.45, 2.75) is 25.8 Å². The maximum atomic E-state index is 13.1. The average Bonchev–Trinajstić information content (AvgIpc) is 3.10. The third-order valence-corrected chi connectivity index (χ3v) is 4.52. The van der Waals surface area contributed by atoms with Crippen molar-refractivity contribution in [2.24, 2.45) is 0 Å². The molecule has 1 fully saturated rings. The predicted molar refractivity (Wildman–Crippen MR) is 91.3 cm³/mol. The van der Waals surface area contributed by atoms with Crippen molar-refractivity contribution >= 4 is 16.9 Å². The first-order chi connectivity index (χ1) is 12.6. The van der Waals surface area contributed by atoms with E-state index in [0.29, 0.717) is 18.8 Å². The molecule has 0 bridgehead atoms. The Morgan fingerprint density at radius 3 is 2.58 bits per heavy atom. The second-order valence-corrected chi connectivity index (χ2v) is 6.26. The van der Waals surface area contributed by atoms with Gasteiger partial charge in [-0.2, -0.15) is 5.10 Å². The van der Waals surface area contributed by atoms with Crippen molar-refractivity contribution in [1.82, 2.24) is 29.7 Å². The van der Waals surface area contributed by atoms with E-state index in [1.165, 1.54) is 35.1 Å². The molecule has 0 radical (unpaired) electrons. The fourth-order valence-electron chi connectivity index (χ4n) is 3.11. The monoisotopic (exact) mass is 356 g/mol. The van der Waals surface area contributed by atoms with Crippen LogP contribution >= 0.6 is 0 Å². The molecule has 26 heavy (non-hydrogen) atoms. The van der Waals surface area contributed by atoms with Gasteiger partial charge in [0, 0.05) is 13.1 Å². The van der Waals surface area contributed by atoms with E-state index in [9.17, 15) is 14.0 Å². The number of benzene rings is 1. The number of aromatic nitrogens is 5. The molecular formula is C17H17FN6O2. The van der Waals surface area contributed by atoms with Gasteiger partial charge in [0.2, 0.25) is 5.91 Å². The first-order valence-electron chi connectivity index (χ1n) is 8.49. The number of halogens is 1. The molecule has 2 aromatic heterocycles. The van der Waals surface area contributed by atoms with Gasteiger partial charge in [0.15, 0.2) is 5.65 Å². The topological polar surface area (TPSA) is 85.9 Å². The van der Waals surface area contributed by atoms with Gasteiger partial charge in [-0.05, 0) is 43.5 Å². The first-order valence-corrected chi connectivity index (χ1v) is 8.49. The van der Waals surface area contributed by atoms with Crippen molar-refractivity contribution in [1.29, 1.82) is 0 Å². The van der Waals surface area contributed by atoms with Crippen LogP contribution in [0.1, 0.15) is 19.3 Å². The number of carbonyl (C=O) groups excluding carboxylic acids is 1. The molecule has 3 aromatic rings. The Morgan fingerprint density at radius 1 is 1.12 bits per heavy atom. The van der Waals surface area contributed by atoms with Crippen LogP contribution in [0, 0.1) is 5.82 Å². The maximum absolute atomic E-state index is 13.1. The summed E-state index contributed by atoms with van der Waals surface area (Å²) in [7, 11) is 0. The van der Waals surface area contributed by atoms with Gasteiger partial charge in [-0.1, -0.05) is 5.21 Å². The predicted octanol–water partition coefficient (Wildman–Crippen LogP) is 1.13. The molecule has 0 N–H and O–H groups in total. The van der Waals surface area contributed by atoms with Crippen molar-refractivity contribution < 1.29 is 9.18 Å². The number of likely N-dealkylation sites (tertiary alicyclic amines) is 1. The molecular weight excluding hydrogens is 339 g/mol. The highest BCUT2D eigenvalue weighted by Gasteiger charge is 2.19. The van der Waals surface area contributed by atoms with Crippen LogP contribution in [0.2, 0.25) is 0 Å². The number of fused-ring (bicyclic) bond motifs is 1. The van der Waals surface area contributed by atoms with Gasteiger partial charge in [0.25, 0.3) is 5.56 Å². The summed E-state index contributed by atoms with van der Waals surface area (Å²) in [5.41, 5.74) is 0.411. The summed E-state index contributed by atoms with van der Waals surface area (Å²) in [6.07, 6.45) is 4.47. The van der Waals surface area contributed by atoms with Gasteiger partial charge in [0.1, 0.15) is 17.7 Å². The Balaban J connectivity index is 1.64. The zero-order chi connectivity index (χ0) is 18.1. The summed E-state index contributed by atoms with van der Waals surface area (Å²) in [5.74, 6) is -0.499. The number of hydrogen-bond acceptors (Lipinski definition) is 5. The highest BCUT2D eigenvalue weighted by Crippen LogP contribution is 2.14. The molecule has 4 rings (SSSR count). The quantitative estimate of drug-likeness (QED) is 0.702. The van der Waals surface area contributed by atoms with Crippen LogP contribution in [-0.2, 0) is 11.3 Å². The van der Waals surface area contributed by atoms with E-state index < -0.39 is 5.56 Å². The minimum atomic E-state index is -0.422. The molecule has 9 heteroatoms. The molecule has 0 saturated carbocycles. The lowest BCUT2D eigenvalue weighted by atomic mass is 10.1. The minimum absolute atomic E-state index is 0.133.